The van der Waals surface area contributed by atoms with Crippen LogP contribution in [0.1, 0.15) is 0 Å². The molecule has 4 rings (SSSR count). The normalized spacial score (nSPS) is 10.5. The van der Waals surface area contributed by atoms with E-state index in [0.717, 1.165) is 32.7 Å². The van der Waals surface area contributed by atoms with Gasteiger partial charge in [-0.3, -0.25) is 9.97 Å². The Morgan fingerprint density at radius 1 is 0.667 bits per heavy atom. The first-order chi connectivity index (χ1) is 9.90. The van der Waals surface area contributed by atoms with E-state index in [1.165, 1.54) is 0 Å². The Morgan fingerprint density at radius 3 is 2.00 bits per heavy atom. The third kappa shape index (κ3) is 2.74. The standard InChI is InChI=1S/C18H10N2.Y/c1-2-15(10-18-12-20-7-5-13(1)18)14-3-4-17-11-19-8-6-16(17)9-14;/h1,4-12H;/q-2;. The maximum Gasteiger partial charge on any atom is 0.0248 e. The first-order valence-corrected chi connectivity index (χ1v) is 6.41. The minimum absolute atomic E-state index is 0. The molecular weight excluding hydrogens is 333 g/mol. The predicted octanol–water partition coefficient (Wildman–Crippen LogP) is 4.05. The summed E-state index contributed by atoms with van der Waals surface area (Å²) in [6.07, 6.45) is 7.33. The third-order valence-corrected chi connectivity index (χ3v) is 3.43. The van der Waals surface area contributed by atoms with Crippen molar-refractivity contribution in [3.63, 3.8) is 0 Å². The zero-order chi connectivity index (χ0) is 13.4. The number of rotatable bonds is 1. The van der Waals surface area contributed by atoms with Crippen LogP contribution in [0.3, 0.4) is 0 Å². The topological polar surface area (TPSA) is 25.8 Å². The maximum atomic E-state index is 4.17. The Labute approximate surface area is 148 Å². The fourth-order valence-corrected chi connectivity index (χ4v) is 2.36. The van der Waals surface area contributed by atoms with Gasteiger partial charge in [0, 0.05) is 51.3 Å². The van der Waals surface area contributed by atoms with Crippen LogP contribution in [0.2, 0.25) is 0 Å². The molecule has 0 aliphatic rings. The monoisotopic (exact) mass is 343 g/mol. The van der Waals surface area contributed by atoms with Crippen molar-refractivity contribution >= 4 is 21.5 Å². The van der Waals surface area contributed by atoms with Crippen molar-refractivity contribution in [1.29, 1.82) is 0 Å². The van der Waals surface area contributed by atoms with Crippen molar-refractivity contribution in [2.75, 3.05) is 0 Å². The number of hydrogen-bond acceptors (Lipinski definition) is 2. The molecule has 0 amide bonds. The van der Waals surface area contributed by atoms with E-state index in [1.54, 1.807) is 12.4 Å². The largest absolute Gasteiger partial charge is 0.274 e. The van der Waals surface area contributed by atoms with Gasteiger partial charge in [0.25, 0.3) is 0 Å². The second kappa shape index (κ2) is 6.01. The van der Waals surface area contributed by atoms with Crippen LogP contribution >= 0.6 is 0 Å². The molecule has 2 heterocycles. The summed E-state index contributed by atoms with van der Waals surface area (Å²) < 4.78 is 0. The zero-order valence-corrected chi connectivity index (χ0v) is 14.1. The van der Waals surface area contributed by atoms with E-state index in [9.17, 15) is 0 Å². The van der Waals surface area contributed by atoms with Crippen molar-refractivity contribution in [1.82, 2.24) is 9.97 Å². The van der Waals surface area contributed by atoms with E-state index in [-0.39, 0.29) is 32.7 Å². The molecule has 2 aromatic heterocycles. The number of pyridine rings is 2. The molecule has 0 fully saturated rings. The summed E-state index contributed by atoms with van der Waals surface area (Å²) in [5, 5.41) is 4.52. The van der Waals surface area contributed by atoms with Crippen LogP contribution in [-0.2, 0) is 32.7 Å². The van der Waals surface area contributed by atoms with Crippen molar-refractivity contribution in [3.8, 4) is 11.1 Å². The summed E-state index contributed by atoms with van der Waals surface area (Å²) in [5.74, 6) is 0. The maximum absolute atomic E-state index is 4.17. The molecule has 0 aliphatic carbocycles. The van der Waals surface area contributed by atoms with E-state index < -0.39 is 0 Å². The molecule has 0 aliphatic heterocycles. The molecule has 21 heavy (non-hydrogen) atoms. The molecule has 4 aromatic rings. The smallest absolute Gasteiger partial charge is 0.0248 e. The van der Waals surface area contributed by atoms with Gasteiger partial charge in [0.15, 0.2) is 0 Å². The van der Waals surface area contributed by atoms with Gasteiger partial charge in [-0.1, -0.05) is 28.3 Å². The van der Waals surface area contributed by atoms with E-state index in [0.29, 0.717) is 0 Å². The van der Waals surface area contributed by atoms with Gasteiger partial charge in [-0.2, -0.15) is 24.3 Å². The molecule has 2 nitrogen and oxygen atoms in total. The van der Waals surface area contributed by atoms with Crippen LogP contribution in [0.15, 0.2) is 61.2 Å². The second-order valence-corrected chi connectivity index (χ2v) is 4.70. The van der Waals surface area contributed by atoms with E-state index >= 15 is 0 Å². The van der Waals surface area contributed by atoms with Crippen molar-refractivity contribution in [3.05, 3.63) is 73.3 Å². The number of fused-ring (bicyclic) bond motifs is 2. The quantitative estimate of drug-likeness (QED) is 0.488. The minimum atomic E-state index is 0. The SMILES string of the molecule is [Y].[c-]1cc2cnccc2cc1-c1[c-]cc2ccncc2c1. The van der Waals surface area contributed by atoms with Crippen LogP contribution in [0.5, 0.6) is 0 Å². The Kier molecular flexibility index (Phi) is 4.09. The average molecular weight is 343 g/mol. The van der Waals surface area contributed by atoms with Gasteiger partial charge >= 0.3 is 0 Å². The summed E-state index contributed by atoms with van der Waals surface area (Å²) in [6, 6.07) is 18.8. The number of aromatic nitrogens is 2. The molecule has 0 saturated heterocycles. The molecule has 0 unspecified atom stereocenters. The Balaban J connectivity index is 0.00000132. The van der Waals surface area contributed by atoms with E-state index in [1.807, 2.05) is 36.7 Å². The van der Waals surface area contributed by atoms with Crippen molar-refractivity contribution < 1.29 is 32.7 Å². The molecule has 0 atom stereocenters. The van der Waals surface area contributed by atoms with Crippen LogP contribution in [0.4, 0.5) is 0 Å². The molecule has 0 saturated carbocycles. The molecule has 0 bridgehead atoms. The summed E-state index contributed by atoms with van der Waals surface area (Å²) in [5.41, 5.74) is 2.07. The molecule has 2 aromatic carbocycles. The van der Waals surface area contributed by atoms with Gasteiger partial charge in [-0.25, -0.2) is 11.1 Å². The summed E-state index contributed by atoms with van der Waals surface area (Å²) in [4.78, 5) is 8.29. The fraction of sp³-hybridized carbons (Fsp3) is 0. The van der Waals surface area contributed by atoms with Crippen LogP contribution in [0.25, 0.3) is 32.7 Å². The van der Waals surface area contributed by atoms with Gasteiger partial charge in [0.2, 0.25) is 0 Å². The zero-order valence-electron chi connectivity index (χ0n) is 11.2. The summed E-state index contributed by atoms with van der Waals surface area (Å²) in [7, 11) is 0. The Hall–Kier alpha value is -1.64. The fourth-order valence-electron chi connectivity index (χ4n) is 2.36. The number of nitrogens with zero attached hydrogens (tertiary/aromatic N) is 2. The molecule has 0 N–H and O–H groups in total. The van der Waals surface area contributed by atoms with Gasteiger partial charge in [-0.05, 0) is 6.20 Å². The minimum Gasteiger partial charge on any atom is -0.274 e. The van der Waals surface area contributed by atoms with Gasteiger partial charge in [0.05, 0.1) is 0 Å². The van der Waals surface area contributed by atoms with Crippen LogP contribution < -0.4 is 0 Å². The summed E-state index contributed by atoms with van der Waals surface area (Å²) in [6.45, 7) is 0. The Morgan fingerprint density at radius 2 is 1.24 bits per heavy atom. The van der Waals surface area contributed by atoms with Crippen molar-refractivity contribution in [2.45, 2.75) is 0 Å². The second-order valence-electron chi connectivity index (χ2n) is 4.70. The van der Waals surface area contributed by atoms with Gasteiger partial charge in [-0.15, -0.1) is 17.5 Å². The van der Waals surface area contributed by atoms with Gasteiger partial charge in [0.1, 0.15) is 0 Å². The van der Waals surface area contributed by atoms with Crippen molar-refractivity contribution in [2.24, 2.45) is 0 Å². The summed E-state index contributed by atoms with van der Waals surface area (Å²) >= 11 is 0. The van der Waals surface area contributed by atoms with E-state index in [2.05, 4.69) is 34.2 Å². The van der Waals surface area contributed by atoms with E-state index in [4.69, 9.17) is 0 Å². The van der Waals surface area contributed by atoms with Crippen LogP contribution in [0, 0.1) is 12.1 Å². The average Bonchev–Trinajstić information content (AvgIpc) is 2.54. The molecule has 97 valence electrons. The molecular formula is C18H10N2Y-2. The first-order valence-electron chi connectivity index (χ1n) is 6.41. The Bertz CT molecular complexity index is 841. The van der Waals surface area contributed by atoms with Gasteiger partial charge < -0.3 is 0 Å². The first kappa shape index (κ1) is 14.3. The third-order valence-electron chi connectivity index (χ3n) is 3.43. The molecule has 3 heteroatoms. The molecule has 0 spiro atoms. The predicted molar refractivity (Wildman–Crippen MR) is 80.2 cm³/mol. The number of hydrogen-bond donors (Lipinski definition) is 0. The van der Waals surface area contributed by atoms with Crippen LogP contribution in [-0.4, -0.2) is 9.97 Å². The molecule has 1 radical (unpaired) electrons. The number of benzene rings is 2.